The zero-order valence-electron chi connectivity index (χ0n) is 11.7. The first-order chi connectivity index (χ1) is 9.58. The van der Waals surface area contributed by atoms with Gasteiger partial charge in [0, 0.05) is 19.2 Å². The van der Waals surface area contributed by atoms with E-state index in [1.54, 1.807) is 16.2 Å². The van der Waals surface area contributed by atoms with Gasteiger partial charge in [-0.1, -0.05) is 12.1 Å². The number of nitrogens with two attached hydrogens (primary N) is 1. The number of amides is 1. The van der Waals surface area contributed by atoms with Crippen LogP contribution < -0.4 is 10.6 Å². The van der Waals surface area contributed by atoms with Gasteiger partial charge in [0.25, 0.3) is 0 Å². The molecule has 0 saturated carbocycles. The van der Waals surface area contributed by atoms with Crippen LogP contribution in [0.3, 0.4) is 0 Å². The van der Waals surface area contributed by atoms with Gasteiger partial charge in [-0.15, -0.1) is 0 Å². The van der Waals surface area contributed by atoms with Crippen LogP contribution in [0, 0.1) is 6.92 Å². The number of benzene rings is 1. The third kappa shape index (κ3) is 2.15. The minimum absolute atomic E-state index is 0.0884. The molecule has 1 amide bonds. The fraction of sp³-hybridized carbons (Fsp3) is 0.312. The Balaban J connectivity index is 1.97. The van der Waals surface area contributed by atoms with E-state index in [2.05, 4.69) is 23.8 Å². The quantitative estimate of drug-likeness (QED) is 0.922. The lowest BCUT2D eigenvalue weighted by molar-refractivity contribution is -0.118. The lowest BCUT2D eigenvalue weighted by Crippen LogP contribution is -2.31. The van der Waals surface area contributed by atoms with Crippen molar-refractivity contribution in [1.29, 1.82) is 0 Å². The number of aryl methyl sites for hydroxylation is 2. The Bertz CT molecular complexity index is 662. The highest BCUT2D eigenvalue weighted by molar-refractivity contribution is 7.08. The van der Waals surface area contributed by atoms with E-state index in [4.69, 9.17) is 5.73 Å². The van der Waals surface area contributed by atoms with Gasteiger partial charge in [0.15, 0.2) is 0 Å². The number of nitrogens with zero attached hydrogens (tertiary/aromatic N) is 1. The van der Waals surface area contributed by atoms with E-state index in [9.17, 15) is 4.79 Å². The zero-order chi connectivity index (χ0) is 14.3. The summed E-state index contributed by atoms with van der Waals surface area (Å²) in [5, 5.41) is 4.25. The smallest absolute Gasteiger partial charge is 0.227 e. The molecule has 2 heterocycles. The largest absolute Gasteiger partial charge is 0.320 e. The van der Waals surface area contributed by atoms with Crippen molar-refractivity contribution < 1.29 is 4.79 Å². The summed E-state index contributed by atoms with van der Waals surface area (Å²) in [4.78, 5) is 13.4. The van der Waals surface area contributed by atoms with Gasteiger partial charge >= 0.3 is 0 Å². The molecule has 3 rings (SSSR count). The predicted octanol–water partition coefficient (Wildman–Crippen LogP) is 3.01. The average Bonchev–Trinajstić information content (AvgIpc) is 2.88. The second kappa shape index (κ2) is 5.04. The molecule has 0 fully saturated rings. The monoisotopic (exact) mass is 286 g/mol. The molecule has 1 aliphatic rings. The molecule has 1 aliphatic heterocycles. The maximum Gasteiger partial charge on any atom is 0.227 e. The average molecular weight is 286 g/mol. The van der Waals surface area contributed by atoms with Crippen molar-refractivity contribution in [2.24, 2.45) is 5.73 Å². The Hall–Kier alpha value is -1.65. The molecule has 1 atom stereocenters. The van der Waals surface area contributed by atoms with E-state index in [0.717, 1.165) is 17.7 Å². The second-order valence-electron chi connectivity index (χ2n) is 5.33. The summed E-state index contributed by atoms with van der Waals surface area (Å²) in [6, 6.07) is 6.12. The Morgan fingerprint density at radius 2 is 2.10 bits per heavy atom. The summed E-state index contributed by atoms with van der Waals surface area (Å²) >= 11 is 1.69. The molecule has 104 valence electrons. The molecule has 2 N–H and O–H groups in total. The number of hydrogen-bond donors (Lipinski definition) is 1. The van der Waals surface area contributed by atoms with Crippen molar-refractivity contribution in [2.75, 3.05) is 11.9 Å². The minimum atomic E-state index is -0.0884. The van der Waals surface area contributed by atoms with Crippen molar-refractivity contribution in [1.82, 2.24) is 0 Å². The number of carbonyl (C=O) groups is 1. The second-order valence-corrected chi connectivity index (χ2v) is 6.07. The molecule has 3 nitrogen and oxygen atoms in total. The number of fused-ring (bicyclic) bond motifs is 1. The topological polar surface area (TPSA) is 46.3 Å². The SMILES string of the molecule is Cc1cscc1C(N)c1ccc2c(c1)CCC(=O)N2C. The zero-order valence-corrected chi connectivity index (χ0v) is 12.5. The predicted molar refractivity (Wildman–Crippen MR) is 83.3 cm³/mol. The summed E-state index contributed by atoms with van der Waals surface area (Å²) < 4.78 is 0. The molecule has 4 heteroatoms. The van der Waals surface area contributed by atoms with Gasteiger partial charge in [-0.25, -0.2) is 0 Å². The van der Waals surface area contributed by atoms with Gasteiger partial charge in [0.2, 0.25) is 5.91 Å². The molecular weight excluding hydrogens is 268 g/mol. The Labute approximate surface area is 123 Å². The summed E-state index contributed by atoms with van der Waals surface area (Å²) in [7, 11) is 1.84. The van der Waals surface area contributed by atoms with Crippen molar-refractivity contribution >= 4 is 22.9 Å². The number of rotatable bonds is 2. The van der Waals surface area contributed by atoms with Crippen LogP contribution in [-0.2, 0) is 11.2 Å². The van der Waals surface area contributed by atoms with E-state index < -0.39 is 0 Å². The Morgan fingerprint density at radius 1 is 1.30 bits per heavy atom. The van der Waals surface area contributed by atoms with Crippen LogP contribution in [0.1, 0.15) is 34.7 Å². The summed E-state index contributed by atoms with van der Waals surface area (Å²) in [6.45, 7) is 2.09. The van der Waals surface area contributed by atoms with Crippen molar-refractivity contribution in [2.45, 2.75) is 25.8 Å². The summed E-state index contributed by atoms with van der Waals surface area (Å²) in [6.07, 6.45) is 1.39. The fourth-order valence-corrected chi connectivity index (χ4v) is 3.63. The Morgan fingerprint density at radius 3 is 2.80 bits per heavy atom. The molecular formula is C16H18N2OS. The molecule has 1 aromatic heterocycles. The Kier molecular flexibility index (Phi) is 3.36. The van der Waals surface area contributed by atoms with Gasteiger partial charge < -0.3 is 10.6 Å². The van der Waals surface area contributed by atoms with E-state index in [1.165, 1.54) is 16.7 Å². The summed E-state index contributed by atoms with van der Waals surface area (Å²) in [5.74, 6) is 0.184. The van der Waals surface area contributed by atoms with Crippen LogP contribution in [0.25, 0.3) is 0 Å². The minimum Gasteiger partial charge on any atom is -0.320 e. The normalized spacial score (nSPS) is 16.1. The van der Waals surface area contributed by atoms with Crippen LogP contribution in [-0.4, -0.2) is 13.0 Å². The van der Waals surface area contributed by atoms with E-state index in [1.807, 2.05) is 19.2 Å². The molecule has 1 aromatic carbocycles. The molecule has 1 unspecified atom stereocenters. The number of thiophene rings is 1. The third-order valence-corrected chi connectivity index (χ3v) is 4.92. The molecule has 0 radical (unpaired) electrons. The fourth-order valence-electron chi connectivity index (χ4n) is 2.74. The first-order valence-corrected chi connectivity index (χ1v) is 7.70. The van der Waals surface area contributed by atoms with Crippen molar-refractivity contribution in [3.05, 3.63) is 51.2 Å². The van der Waals surface area contributed by atoms with Gasteiger partial charge in [0.1, 0.15) is 0 Å². The van der Waals surface area contributed by atoms with Crippen LogP contribution in [0.5, 0.6) is 0 Å². The number of anilines is 1. The lowest BCUT2D eigenvalue weighted by Gasteiger charge is -2.27. The highest BCUT2D eigenvalue weighted by Crippen LogP contribution is 2.32. The third-order valence-electron chi connectivity index (χ3n) is 4.04. The molecule has 0 saturated heterocycles. The van der Waals surface area contributed by atoms with Gasteiger partial charge in [-0.3, -0.25) is 4.79 Å². The molecule has 0 spiro atoms. The number of carbonyl (C=O) groups excluding carboxylic acids is 1. The highest BCUT2D eigenvalue weighted by Gasteiger charge is 2.22. The first kappa shape index (κ1) is 13.3. The van der Waals surface area contributed by atoms with Crippen molar-refractivity contribution in [3.8, 4) is 0 Å². The molecule has 2 aromatic rings. The van der Waals surface area contributed by atoms with Gasteiger partial charge in [-0.2, -0.15) is 11.3 Å². The van der Waals surface area contributed by atoms with E-state index >= 15 is 0 Å². The van der Waals surface area contributed by atoms with Crippen LogP contribution >= 0.6 is 11.3 Å². The molecule has 20 heavy (non-hydrogen) atoms. The van der Waals surface area contributed by atoms with E-state index in [-0.39, 0.29) is 11.9 Å². The van der Waals surface area contributed by atoms with Crippen molar-refractivity contribution in [3.63, 3.8) is 0 Å². The van der Waals surface area contributed by atoms with Gasteiger partial charge in [-0.05, 0) is 52.4 Å². The first-order valence-electron chi connectivity index (χ1n) is 6.75. The highest BCUT2D eigenvalue weighted by atomic mass is 32.1. The van der Waals surface area contributed by atoms with Crippen LogP contribution in [0.15, 0.2) is 29.0 Å². The van der Waals surface area contributed by atoms with Crippen LogP contribution in [0.2, 0.25) is 0 Å². The standard InChI is InChI=1S/C16H18N2OS/c1-10-8-20-9-13(10)16(17)12-3-5-14-11(7-12)4-6-15(19)18(14)2/h3,5,7-9,16H,4,6,17H2,1-2H3. The molecule has 0 aliphatic carbocycles. The van der Waals surface area contributed by atoms with Crippen LogP contribution in [0.4, 0.5) is 5.69 Å². The summed E-state index contributed by atoms with van der Waals surface area (Å²) in [5.41, 5.74) is 12.2. The van der Waals surface area contributed by atoms with E-state index in [0.29, 0.717) is 6.42 Å². The lowest BCUT2D eigenvalue weighted by atomic mass is 9.93. The number of hydrogen-bond acceptors (Lipinski definition) is 3. The van der Waals surface area contributed by atoms with Gasteiger partial charge in [0.05, 0.1) is 6.04 Å². The molecule has 0 bridgehead atoms. The maximum absolute atomic E-state index is 11.7. The maximum atomic E-state index is 11.7.